The molecule has 5 heteroatoms. The summed E-state index contributed by atoms with van der Waals surface area (Å²) in [6.07, 6.45) is 2.35. The quantitative estimate of drug-likeness (QED) is 0.727. The molecule has 1 saturated heterocycles. The number of aromatic carboxylic acids is 1. The molecule has 2 rings (SSSR count). The summed E-state index contributed by atoms with van der Waals surface area (Å²) in [5.41, 5.74) is 1.36. The van der Waals surface area contributed by atoms with Crippen LogP contribution < -0.4 is 5.32 Å². The standard InChI is InChI=1S/C19H30N2O3/c1-3-16(4-2)18(21-8-10-24-11-9-21)14-20-13-15-6-5-7-17(12-15)19(22)23/h5-7,12,16,18,20H,3-4,8-11,13-14H2,1-2H3,(H,22,23). The van der Waals surface area contributed by atoms with Crippen molar-refractivity contribution in [2.75, 3.05) is 32.8 Å². The van der Waals surface area contributed by atoms with Gasteiger partial charge in [-0.1, -0.05) is 38.8 Å². The highest BCUT2D eigenvalue weighted by molar-refractivity contribution is 5.87. The van der Waals surface area contributed by atoms with E-state index in [0.29, 0.717) is 24.1 Å². The van der Waals surface area contributed by atoms with E-state index in [1.807, 2.05) is 6.07 Å². The smallest absolute Gasteiger partial charge is 0.335 e. The second-order valence-electron chi connectivity index (χ2n) is 6.43. The lowest BCUT2D eigenvalue weighted by atomic mass is 9.92. The molecule has 2 N–H and O–H groups in total. The number of hydrogen-bond acceptors (Lipinski definition) is 4. The van der Waals surface area contributed by atoms with Gasteiger partial charge in [-0.2, -0.15) is 0 Å². The molecular weight excluding hydrogens is 304 g/mol. The van der Waals surface area contributed by atoms with Gasteiger partial charge in [-0.05, 0) is 23.6 Å². The van der Waals surface area contributed by atoms with Crippen LogP contribution in [0, 0.1) is 5.92 Å². The SMILES string of the molecule is CCC(CC)C(CNCc1cccc(C(=O)O)c1)N1CCOCC1. The monoisotopic (exact) mass is 334 g/mol. The van der Waals surface area contributed by atoms with E-state index in [-0.39, 0.29) is 0 Å². The molecule has 0 radical (unpaired) electrons. The third kappa shape index (κ3) is 5.30. The molecule has 1 aliphatic heterocycles. The van der Waals surface area contributed by atoms with Crippen molar-refractivity contribution in [1.82, 2.24) is 10.2 Å². The molecule has 0 bridgehead atoms. The number of hydrogen-bond donors (Lipinski definition) is 2. The van der Waals surface area contributed by atoms with Crippen molar-refractivity contribution >= 4 is 5.97 Å². The lowest BCUT2D eigenvalue weighted by Gasteiger charge is -2.39. The van der Waals surface area contributed by atoms with Crippen molar-refractivity contribution in [2.24, 2.45) is 5.92 Å². The zero-order chi connectivity index (χ0) is 17.4. The van der Waals surface area contributed by atoms with Gasteiger partial charge in [0, 0.05) is 32.2 Å². The molecule has 1 fully saturated rings. The highest BCUT2D eigenvalue weighted by atomic mass is 16.5. The van der Waals surface area contributed by atoms with E-state index in [4.69, 9.17) is 9.84 Å². The second-order valence-corrected chi connectivity index (χ2v) is 6.43. The van der Waals surface area contributed by atoms with Crippen molar-refractivity contribution in [2.45, 2.75) is 39.3 Å². The molecule has 24 heavy (non-hydrogen) atoms. The summed E-state index contributed by atoms with van der Waals surface area (Å²) in [6.45, 7) is 9.77. The molecule has 1 aliphatic rings. The average molecular weight is 334 g/mol. The Morgan fingerprint density at radius 1 is 1.29 bits per heavy atom. The Morgan fingerprint density at radius 3 is 2.62 bits per heavy atom. The Balaban J connectivity index is 1.94. The zero-order valence-corrected chi connectivity index (χ0v) is 14.8. The van der Waals surface area contributed by atoms with Crippen LogP contribution in [0.1, 0.15) is 42.6 Å². The molecule has 0 aliphatic carbocycles. The van der Waals surface area contributed by atoms with Crippen molar-refractivity contribution in [3.05, 3.63) is 35.4 Å². The molecule has 1 aromatic rings. The fourth-order valence-electron chi connectivity index (χ4n) is 3.51. The summed E-state index contributed by atoms with van der Waals surface area (Å²) in [6, 6.07) is 7.66. The van der Waals surface area contributed by atoms with Crippen molar-refractivity contribution in [1.29, 1.82) is 0 Å². The number of nitrogens with one attached hydrogen (secondary N) is 1. The van der Waals surface area contributed by atoms with Gasteiger partial charge >= 0.3 is 5.97 Å². The molecule has 1 aromatic carbocycles. The number of rotatable bonds is 9. The summed E-state index contributed by atoms with van der Waals surface area (Å²) < 4.78 is 5.49. The minimum absolute atomic E-state index is 0.346. The van der Waals surface area contributed by atoms with Crippen LogP contribution in [0.15, 0.2) is 24.3 Å². The second kappa shape index (κ2) is 9.77. The van der Waals surface area contributed by atoms with Gasteiger partial charge in [0.2, 0.25) is 0 Å². The summed E-state index contributed by atoms with van der Waals surface area (Å²) >= 11 is 0. The first-order valence-electron chi connectivity index (χ1n) is 9.00. The lowest BCUT2D eigenvalue weighted by Crippen LogP contribution is -2.51. The maximum Gasteiger partial charge on any atom is 0.335 e. The fraction of sp³-hybridized carbons (Fsp3) is 0.632. The molecule has 0 aromatic heterocycles. The van der Waals surface area contributed by atoms with E-state index >= 15 is 0 Å². The maximum absolute atomic E-state index is 11.1. The van der Waals surface area contributed by atoms with Crippen LogP contribution >= 0.6 is 0 Å². The molecular formula is C19H30N2O3. The van der Waals surface area contributed by atoms with Crippen LogP contribution in [0.2, 0.25) is 0 Å². The Bertz CT molecular complexity index is 511. The topological polar surface area (TPSA) is 61.8 Å². The van der Waals surface area contributed by atoms with Crippen LogP contribution in [-0.2, 0) is 11.3 Å². The van der Waals surface area contributed by atoms with Crippen LogP contribution in [0.5, 0.6) is 0 Å². The van der Waals surface area contributed by atoms with E-state index in [9.17, 15) is 4.79 Å². The first-order chi connectivity index (χ1) is 11.7. The van der Waals surface area contributed by atoms with Crippen molar-refractivity contribution in [3.8, 4) is 0 Å². The van der Waals surface area contributed by atoms with Crippen LogP contribution in [0.3, 0.4) is 0 Å². The van der Waals surface area contributed by atoms with Gasteiger partial charge in [-0.3, -0.25) is 4.90 Å². The fourth-order valence-corrected chi connectivity index (χ4v) is 3.51. The maximum atomic E-state index is 11.1. The molecule has 1 unspecified atom stereocenters. The molecule has 5 nitrogen and oxygen atoms in total. The van der Waals surface area contributed by atoms with Crippen molar-refractivity contribution < 1.29 is 14.6 Å². The van der Waals surface area contributed by atoms with Gasteiger partial charge in [0.25, 0.3) is 0 Å². The predicted octanol–water partition coefficient (Wildman–Crippen LogP) is 2.61. The number of carbonyl (C=O) groups is 1. The normalized spacial score (nSPS) is 17.1. The minimum atomic E-state index is -0.875. The van der Waals surface area contributed by atoms with Gasteiger partial charge in [-0.25, -0.2) is 4.79 Å². The van der Waals surface area contributed by atoms with Crippen LogP contribution in [0.25, 0.3) is 0 Å². The first-order valence-corrected chi connectivity index (χ1v) is 9.00. The number of benzene rings is 1. The predicted molar refractivity (Wildman–Crippen MR) is 95.4 cm³/mol. The minimum Gasteiger partial charge on any atom is -0.478 e. The highest BCUT2D eigenvalue weighted by Crippen LogP contribution is 2.19. The Kier molecular flexibility index (Phi) is 7.69. The van der Waals surface area contributed by atoms with Crippen LogP contribution in [-0.4, -0.2) is 54.9 Å². The van der Waals surface area contributed by atoms with E-state index in [0.717, 1.165) is 38.4 Å². The summed E-state index contributed by atoms with van der Waals surface area (Å²) in [4.78, 5) is 13.6. The Labute approximate surface area is 145 Å². The third-order valence-corrected chi connectivity index (χ3v) is 4.96. The molecule has 0 amide bonds. The third-order valence-electron chi connectivity index (χ3n) is 4.96. The van der Waals surface area contributed by atoms with Crippen LogP contribution in [0.4, 0.5) is 0 Å². The van der Waals surface area contributed by atoms with E-state index in [1.165, 1.54) is 12.8 Å². The number of ether oxygens (including phenoxy) is 1. The molecule has 0 spiro atoms. The highest BCUT2D eigenvalue weighted by Gasteiger charge is 2.26. The van der Waals surface area contributed by atoms with E-state index in [1.54, 1.807) is 18.2 Å². The van der Waals surface area contributed by atoms with Gasteiger partial charge in [0.05, 0.1) is 18.8 Å². The zero-order valence-electron chi connectivity index (χ0n) is 14.8. The van der Waals surface area contributed by atoms with Gasteiger partial charge in [0.1, 0.15) is 0 Å². The number of morpholine rings is 1. The lowest BCUT2D eigenvalue weighted by molar-refractivity contribution is 0.00161. The summed E-state index contributed by atoms with van der Waals surface area (Å²) in [5.74, 6) is -0.207. The molecule has 1 atom stereocenters. The number of nitrogens with zero attached hydrogens (tertiary/aromatic N) is 1. The molecule has 1 heterocycles. The summed E-state index contributed by atoms with van der Waals surface area (Å²) in [7, 11) is 0. The average Bonchev–Trinajstić information content (AvgIpc) is 2.62. The van der Waals surface area contributed by atoms with E-state index in [2.05, 4.69) is 24.1 Å². The van der Waals surface area contributed by atoms with E-state index < -0.39 is 5.97 Å². The number of carboxylic acid groups (broad SMARTS) is 1. The van der Waals surface area contributed by atoms with Crippen molar-refractivity contribution in [3.63, 3.8) is 0 Å². The Hall–Kier alpha value is -1.43. The molecule has 134 valence electrons. The summed E-state index contributed by atoms with van der Waals surface area (Å²) in [5, 5.41) is 12.6. The Morgan fingerprint density at radius 2 is 2.00 bits per heavy atom. The van der Waals surface area contributed by atoms with Gasteiger partial charge in [-0.15, -0.1) is 0 Å². The first kappa shape index (κ1) is 18.9. The number of carboxylic acids is 1. The largest absolute Gasteiger partial charge is 0.478 e. The molecule has 0 saturated carbocycles. The van der Waals surface area contributed by atoms with Gasteiger partial charge in [0.15, 0.2) is 0 Å². The van der Waals surface area contributed by atoms with Gasteiger partial charge < -0.3 is 15.2 Å².